The second-order valence-electron chi connectivity index (χ2n) is 10.2. The van der Waals surface area contributed by atoms with Crippen LogP contribution in [0.25, 0.3) is 21.3 Å². The van der Waals surface area contributed by atoms with Gasteiger partial charge in [0.2, 0.25) is 0 Å². The molecule has 4 rings (SSSR count). The molecule has 0 spiro atoms. The van der Waals surface area contributed by atoms with Crippen LogP contribution >= 0.6 is 11.3 Å². The fourth-order valence-corrected chi connectivity index (χ4v) is 10.2. The van der Waals surface area contributed by atoms with Gasteiger partial charge in [0, 0.05) is 35.0 Å². The van der Waals surface area contributed by atoms with Crippen molar-refractivity contribution in [2.75, 3.05) is 5.75 Å². The Bertz CT molecular complexity index is 1280. The molecule has 1 unspecified atom stereocenters. The molecule has 2 atom stereocenters. The number of carboxylic acids is 1. The number of aromatic nitrogens is 1. The molecule has 1 aromatic carbocycles. The van der Waals surface area contributed by atoms with E-state index in [-0.39, 0.29) is 5.75 Å². The Morgan fingerprint density at radius 3 is 2.64 bits per heavy atom. The van der Waals surface area contributed by atoms with Crippen LogP contribution in [0.2, 0.25) is 25.7 Å². The lowest BCUT2D eigenvalue weighted by molar-refractivity contribution is -0.143. The van der Waals surface area contributed by atoms with Gasteiger partial charge in [-0.2, -0.15) is 0 Å². The third-order valence-electron chi connectivity index (χ3n) is 6.71. The second kappa shape index (κ2) is 8.96. The van der Waals surface area contributed by atoms with Gasteiger partial charge in [-0.05, 0) is 43.5 Å². The third-order valence-corrected chi connectivity index (χ3v) is 12.6. The van der Waals surface area contributed by atoms with Crippen LogP contribution in [-0.4, -0.2) is 38.3 Å². The van der Waals surface area contributed by atoms with Gasteiger partial charge in [0.05, 0.1) is 17.2 Å². The molecular weight excluding hydrogens is 470 g/mol. The van der Waals surface area contributed by atoms with E-state index in [0.717, 1.165) is 33.8 Å². The lowest BCUT2D eigenvalue weighted by Crippen LogP contribution is -2.49. The standard InChI is InChI=1S/C25H31NO4S2Si/c1-33(2,3)15-12-20(24(27)28)25(13-6-7-14-32(25,29)30)23-11-10-22(31-23)19-16-18-8-4-5-9-21(18)26-17-19/h4-5,8-11,16-17,20H,6-7,12-15H2,1-3H3,(H,27,28)/t20?,25-/m0/s1. The molecule has 1 aliphatic rings. The van der Waals surface area contributed by atoms with Gasteiger partial charge in [0.25, 0.3) is 0 Å². The number of carbonyl (C=O) groups is 1. The van der Waals surface area contributed by atoms with Crippen molar-refractivity contribution in [3.05, 3.63) is 53.5 Å². The Hall–Kier alpha value is -2.03. The lowest BCUT2D eigenvalue weighted by Gasteiger charge is -2.41. The first-order valence-corrected chi connectivity index (χ1v) is 17.6. The molecule has 33 heavy (non-hydrogen) atoms. The maximum Gasteiger partial charge on any atom is 0.308 e. The van der Waals surface area contributed by atoms with E-state index < -0.39 is 34.5 Å². The number of benzene rings is 1. The highest BCUT2D eigenvalue weighted by molar-refractivity contribution is 7.92. The van der Waals surface area contributed by atoms with E-state index >= 15 is 0 Å². The van der Waals surface area contributed by atoms with E-state index in [1.54, 1.807) is 6.20 Å². The van der Waals surface area contributed by atoms with Gasteiger partial charge in [-0.3, -0.25) is 9.78 Å². The average molecular weight is 502 g/mol. The van der Waals surface area contributed by atoms with Crippen molar-refractivity contribution in [3.63, 3.8) is 0 Å². The highest BCUT2D eigenvalue weighted by atomic mass is 32.2. The number of thiophene rings is 1. The Morgan fingerprint density at radius 2 is 1.94 bits per heavy atom. The number of fused-ring (bicyclic) bond motifs is 1. The number of hydrogen-bond acceptors (Lipinski definition) is 5. The summed E-state index contributed by atoms with van der Waals surface area (Å²) < 4.78 is 25.9. The van der Waals surface area contributed by atoms with Gasteiger partial charge in [0.1, 0.15) is 4.75 Å². The van der Waals surface area contributed by atoms with E-state index in [4.69, 9.17) is 0 Å². The molecule has 5 nitrogen and oxygen atoms in total. The largest absolute Gasteiger partial charge is 0.481 e. The third kappa shape index (κ3) is 4.65. The maximum atomic E-state index is 13.6. The minimum absolute atomic E-state index is 0.0501. The summed E-state index contributed by atoms with van der Waals surface area (Å²) in [4.78, 5) is 18.7. The summed E-state index contributed by atoms with van der Waals surface area (Å²) in [5.41, 5.74) is 1.82. The molecule has 1 saturated heterocycles. The quantitative estimate of drug-likeness (QED) is 0.390. The zero-order valence-corrected chi connectivity index (χ0v) is 22.0. The molecule has 2 aromatic heterocycles. The van der Waals surface area contributed by atoms with Crippen molar-refractivity contribution < 1.29 is 18.3 Å². The van der Waals surface area contributed by atoms with Gasteiger partial charge < -0.3 is 5.11 Å². The van der Waals surface area contributed by atoms with E-state index in [9.17, 15) is 18.3 Å². The van der Waals surface area contributed by atoms with Crippen LogP contribution in [-0.2, 0) is 19.4 Å². The van der Waals surface area contributed by atoms with Gasteiger partial charge >= 0.3 is 5.97 Å². The lowest BCUT2D eigenvalue weighted by atomic mass is 9.83. The Labute approximate surface area is 200 Å². The Morgan fingerprint density at radius 1 is 1.18 bits per heavy atom. The minimum Gasteiger partial charge on any atom is -0.481 e. The summed E-state index contributed by atoms with van der Waals surface area (Å²) >= 11 is 1.41. The fraction of sp³-hybridized carbons (Fsp3) is 0.440. The number of pyridine rings is 1. The molecule has 8 heteroatoms. The SMILES string of the molecule is C[Si](C)(C)CCC(C(=O)O)[C@]1(c2ccc(-c3cnc4ccccc4c3)s2)CCCCS1(=O)=O. The van der Waals surface area contributed by atoms with E-state index in [2.05, 4.69) is 30.7 Å². The van der Waals surface area contributed by atoms with Crippen molar-refractivity contribution in [3.8, 4) is 10.4 Å². The summed E-state index contributed by atoms with van der Waals surface area (Å²) in [5, 5.41) is 11.3. The van der Waals surface area contributed by atoms with E-state index in [0.29, 0.717) is 24.1 Å². The summed E-state index contributed by atoms with van der Waals surface area (Å²) in [6.45, 7) is 6.60. The van der Waals surface area contributed by atoms with Gasteiger partial charge in [-0.25, -0.2) is 8.42 Å². The molecule has 0 amide bonds. The normalized spacial score (nSPS) is 21.7. The van der Waals surface area contributed by atoms with Crippen LogP contribution in [0.15, 0.2) is 48.7 Å². The summed E-state index contributed by atoms with van der Waals surface area (Å²) in [6, 6.07) is 14.5. The van der Waals surface area contributed by atoms with Gasteiger partial charge in [-0.1, -0.05) is 50.3 Å². The topological polar surface area (TPSA) is 84.3 Å². The predicted molar refractivity (Wildman–Crippen MR) is 138 cm³/mol. The van der Waals surface area contributed by atoms with Gasteiger partial charge in [0.15, 0.2) is 9.84 Å². The van der Waals surface area contributed by atoms with Crippen LogP contribution in [0.4, 0.5) is 0 Å². The summed E-state index contributed by atoms with van der Waals surface area (Å²) in [6.07, 6.45) is 3.89. The molecule has 176 valence electrons. The number of sulfone groups is 1. The molecule has 1 aliphatic heterocycles. The summed E-state index contributed by atoms with van der Waals surface area (Å²) in [7, 11) is -5.17. The van der Waals surface area contributed by atoms with Crippen molar-refractivity contribution in [1.29, 1.82) is 0 Å². The molecular formula is C25H31NO4S2Si. The van der Waals surface area contributed by atoms with Gasteiger partial charge in [-0.15, -0.1) is 11.3 Å². The minimum atomic E-state index is -3.62. The number of hydrogen-bond donors (Lipinski definition) is 1. The Balaban J connectivity index is 1.81. The second-order valence-corrected chi connectivity index (χ2v) is 19.3. The number of rotatable bonds is 7. The molecule has 0 aliphatic carbocycles. The van der Waals surface area contributed by atoms with Crippen LogP contribution in [0.1, 0.15) is 30.6 Å². The smallest absolute Gasteiger partial charge is 0.308 e. The van der Waals surface area contributed by atoms with Crippen LogP contribution in [0, 0.1) is 5.92 Å². The molecule has 0 bridgehead atoms. The first-order valence-electron chi connectivity index (χ1n) is 11.4. The maximum absolute atomic E-state index is 13.6. The van der Waals surface area contributed by atoms with Crippen molar-refractivity contribution in [1.82, 2.24) is 4.98 Å². The monoisotopic (exact) mass is 501 g/mol. The fourth-order valence-electron chi connectivity index (χ4n) is 4.92. The van der Waals surface area contributed by atoms with Crippen molar-refractivity contribution in [2.45, 2.75) is 56.1 Å². The molecule has 1 fully saturated rings. The number of aliphatic carboxylic acids is 1. The highest BCUT2D eigenvalue weighted by Gasteiger charge is 2.56. The van der Waals surface area contributed by atoms with Crippen LogP contribution in [0.3, 0.4) is 0 Å². The first-order chi connectivity index (χ1) is 15.5. The molecule has 0 saturated carbocycles. The number of carboxylic acid groups (broad SMARTS) is 1. The van der Waals surface area contributed by atoms with E-state index in [1.807, 2.05) is 36.4 Å². The molecule has 3 aromatic rings. The van der Waals surface area contributed by atoms with Crippen LogP contribution < -0.4 is 0 Å². The van der Waals surface area contributed by atoms with Crippen LogP contribution in [0.5, 0.6) is 0 Å². The highest BCUT2D eigenvalue weighted by Crippen LogP contribution is 2.51. The first kappa shape index (κ1) is 24.1. The molecule has 3 heterocycles. The zero-order chi connectivity index (χ0) is 23.9. The molecule has 0 radical (unpaired) electrons. The zero-order valence-electron chi connectivity index (χ0n) is 19.4. The van der Waals surface area contributed by atoms with E-state index in [1.165, 1.54) is 11.3 Å². The number of nitrogens with zero attached hydrogens (tertiary/aromatic N) is 1. The average Bonchev–Trinajstić information content (AvgIpc) is 3.24. The predicted octanol–water partition coefficient (Wildman–Crippen LogP) is 6.19. The number of para-hydroxylation sites is 1. The van der Waals surface area contributed by atoms with Crippen molar-refractivity contribution >= 4 is 46.1 Å². The van der Waals surface area contributed by atoms with Crippen molar-refractivity contribution in [2.24, 2.45) is 5.92 Å². The molecule has 1 N–H and O–H groups in total. The summed E-state index contributed by atoms with van der Waals surface area (Å²) in [5.74, 6) is -1.88. The Kier molecular flexibility index (Phi) is 6.55.